The minimum atomic E-state index is -5.01. The molecule has 0 radical (unpaired) electrons. The number of rotatable bonds is 5. The summed E-state index contributed by atoms with van der Waals surface area (Å²) < 4.78 is 46.9. The van der Waals surface area contributed by atoms with E-state index >= 15 is 0 Å². The number of H-pyrrole nitrogens is 1. The summed E-state index contributed by atoms with van der Waals surface area (Å²) in [5, 5.41) is 15.3. The summed E-state index contributed by atoms with van der Waals surface area (Å²) >= 11 is 5.90. The fourth-order valence-corrected chi connectivity index (χ4v) is 3.45. The van der Waals surface area contributed by atoms with Crippen molar-refractivity contribution >= 4 is 11.6 Å². The van der Waals surface area contributed by atoms with Gasteiger partial charge in [0.15, 0.2) is 5.69 Å². The molecule has 0 aliphatic carbocycles. The quantitative estimate of drug-likeness (QED) is 0.425. The fraction of sp³-hybridized carbons (Fsp3) is 0.130. The second-order valence-corrected chi connectivity index (χ2v) is 7.97. The Bertz CT molecular complexity index is 1610. The average molecular weight is 515 g/mol. The number of nitrogens with one attached hydrogen (secondary N) is 1. The lowest BCUT2D eigenvalue weighted by atomic mass is 10.1. The predicted octanol–water partition coefficient (Wildman–Crippen LogP) is 4.08. The maximum atomic E-state index is 13.6. The Morgan fingerprint density at radius 1 is 1.17 bits per heavy atom. The second kappa shape index (κ2) is 9.63. The maximum Gasteiger partial charge on any atom is 0.437 e. The Balaban J connectivity index is 1.76. The lowest BCUT2D eigenvalue weighted by Crippen LogP contribution is -2.27. The molecule has 13 heteroatoms. The van der Waals surface area contributed by atoms with Gasteiger partial charge in [-0.2, -0.15) is 23.5 Å². The van der Waals surface area contributed by atoms with E-state index in [1.54, 1.807) is 25.1 Å². The molecule has 3 heterocycles. The molecule has 36 heavy (non-hydrogen) atoms. The molecule has 182 valence electrons. The van der Waals surface area contributed by atoms with Crippen LogP contribution in [0.4, 0.5) is 13.2 Å². The van der Waals surface area contributed by atoms with E-state index in [1.165, 1.54) is 18.3 Å². The highest BCUT2D eigenvalue weighted by molar-refractivity contribution is 6.30. The molecule has 0 atom stereocenters. The van der Waals surface area contributed by atoms with Crippen LogP contribution >= 0.6 is 11.6 Å². The number of halogens is 4. The average Bonchev–Trinajstić information content (AvgIpc) is 2.82. The van der Waals surface area contributed by atoms with Crippen LogP contribution in [-0.2, 0) is 12.7 Å². The smallest absolute Gasteiger partial charge is 0.437 e. The van der Waals surface area contributed by atoms with Gasteiger partial charge in [0.2, 0.25) is 5.75 Å². The van der Waals surface area contributed by atoms with Crippen LogP contribution in [0.15, 0.2) is 58.5 Å². The van der Waals surface area contributed by atoms with Crippen molar-refractivity contribution in [2.24, 2.45) is 0 Å². The molecule has 0 aliphatic heterocycles. The summed E-state index contributed by atoms with van der Waals surface area (Å²) in [6, 6.07) is 10.1. The molecule has 0 unspecified atom stereocenters. The Hall–Kier alpha value is -4.50. The van der Waals surface area contributed by atoms with Crippen molar-refractivity contribution in [3.05, 3.63) is 97.3 Å². The van der Waals surface area contributed by atoms with Crippen LogP contribution in [0.3, 0.4) is 0 Å². The highest BCUT2D eigenvalue weighted by atomic mass is 35.5. The maximum absolute atomic E-state index is 13.6. The van der Waals surface area contributed by atoms with Crippen LogP contribution < -0.4 is 15.9 Å². The van der Waals surface area contributed by atoms with Gasteiger partial charge in [-0.1, -0.05) is 17.7 Å². The minimum Gasteiger partial charge on any atom is -0.449 e. The van der Waals surface area contributed by atoms with Crippen molar-refractivity contribution < 1.29 is 17.9 Å². The Morgan fingerprint density at radius 3 is 2.61 bits per heavy atom. The Kier molecular flexibility index (Phi) is 6.59. The first kappa shape index (κ1) is 24.6. The third kappa shape index (κ3) is 5.26. The molecule has 3 aromatic heterocycles. The standard InChI is InChI=1S/C23H14ClF3N6O3/c1-12-2-3-14(9-29-12)18-7-16(31-32-21(18)34)10-33-11-30-20(23(25,26)27)19(22(33)35)36-17-5-13(8-28)4-15(24)6-17/h2-7,9,11H,10H2,1H3,(H,32,34). The first-order valence-corrected chi connectivity index (χ1v) is 10.5. The van der Waals surface area contributed by atoms with Crippen LogP contribution in [0, 0.1) is 18.3 Å². The fourth-order valence-electron chi connectivity index (χ4n) is 3.23. The largest absolute Gasteiger partial charge is 0.449 e. The molecule has 0 saturated heterocycles. The van der Waals surface area contributed by atoms with E-state index < -0.39 is 28.7 Å². The van der Waals surface area contributed by atoms with E-state index in [2.05, 4.69) is 20.2 Å². The van der Waals surface area contributed by atoms with Crippen LogP contribution in [0.1, 0.15) is 22.6 Å². The number of aromatic nitrogens is 5. The van der Waals surface area contributed by atoms with E-state index in [0.29, 0.717) is 11.9 Å². The normalized spacial score (nSPS) is 11.2. The van der Waals surface area contributed by atoms with Crippen molar-refractivity contribution in [1.29, 1.82) is 5.26 Å². The highest BCUT2D eigenvalue weighted by Crippen LogP contribution is 2.35. The molecule has 1 N–H and O–H groups in total. The van der Waals surface area contributed by atoms with Crippen LogP contribution in [0.25, 0.3) is 11.1 Å². The highest BCUT2D eigenvalue weighted by Gasteiger charge is 2.38. The van der Waals surface area contributed by atoms with Gasteiger partial charge in [-0.3, -0.25) is 19.1 Å². The number of nitriles is 1. The van der Waals surface area contributed by atoms with Gasteiger partial charge in [-0.15, -0.1) is 0 Å². The number of hydrogen-bond donors (Lipinski definition) is 1. The zero-order valence-corrected chi connectivity index (χ0v) is 19.1. The molecular formula is C23H14ClF3N6O3. The molecule has 0 saturated carbocycles. The summed E-state index contributed by atoms with van der Waals surface area (Å²) in [5.41, 5.74) is -1.62. The van der Waals surface area contributed by atoms with Crippen LogP contribution in [0.2, 0.25) is 5.02 Å². The summed E-state index contributed by atoms with van der Waals surface area (Å²) in [6.07, 6.45) is -2.81. The van der Waals surface area contributed by atoms with E-state index in [1.807, 2.05) is 0 Å². The van der Waals surface area contributed by atoms with Gasteiger partial charge in [0, 0.05) is 22.5 Å². The van der Waals surface area contributed by atoms with E-state index in [9.17, 15) is 22.8 Å². The first-order chi connectivity index (χ1) is 17.0. The van der Waals surface area contributed by atoms with E-state index in [4.69, 9.17) is 21.6 Å². The Labute approximate surface area is 205 Å². The monoisotopic (exact) mass is 514 g/mol. The van der Waals surface area contributed by atoms with Crippen LogP contribution in [0.5, 0.6) is 11.5 Å². The number of hydrogen-bond acceptors (Lipinski definition) is 7. The number of benzene rings is 1. The van der Waals surface area contributed by atoms with Crippen molar-refractivity contribution in [2.45, 2.75) is 19.6 Å². The minimum absolute atomic E-state index is 0.0193. The lowest BCUT2D eigenvalue weighted by molar-refractivity contribution is -0.142. The lowest BCUT2D eigenvalue weighted by Gasteiger charge is -2.15. The van der Waals surface area contributed by atoms with Crippen LogP contribution in [-0.4, -0.2) is 24.7 Å². The number of alkyl halides is 3. The molecule has 0 spiro atoms. The zero-order valence-electron chi connectivity index (χ0n) is 18.3. The summed E-state index contributed by atoms with van der Waals surface area (Å²) in [6.45, 7) is 1.45. The van der Waals surface area contributed by atoms with Crippen molar-refractivity contribution in [3.8, 4) is 28.7 Å². The summed E-state index contributed by atoms with van der Waals surface area (Å²) in [7, 11) is 0. The van der Waals surface area contributed by atoms with Gasteiger partial charge in [-0.25, -0.2) is 10.1 Å². The third-order valence-corrected chi connectivity index (χ3v) is 5.11. The summed E-state index contributed by atoms with van der Waals surface area (Å²) in [4.78, 5) is 32.8. The molecule has 0 bridgehead atoms. The van der Waals surface area contributed by atoms with Gasteiger partial charge in [-0.05, 0) is 37.3 Å². The predicted molar refractivity (Wildman–Crippen MR) is 122 cm³/mol. The van der Waals surface area contributed by atoms with Gasteiger partial charge in [0.1, 0.15) is 5.75 Å². The molecule has 0 fully saturated rings. The topological polar surface area (TPSA) is 127 Å². The van der Waals surface area contributed by atoms with Crippen molar-refractivity contribution in [3.63, 3.8) is 0 Å². The van der Waals surface area contributed by atoms with Crippen molar-refractivity contribution in [2.75, 3.05) is 0 Å². The zero-order chi connectivity index (χ0) is 26.0. The molecule has 0 aliphatic rings. The number of aromatic amines is 1. The third-order valence-electron chi connectivity index (χ3n) is 4.90. The Morgan fingerprint density at radius 2 is 1.94 bits per heavy atom. The SMILES string of the molecule is Cc1ccc(-c2cc(Cn3cnc(C(F)(F)F)c(Oc4cc(Cl)cc(C#N)c4)c3=O)n[nH]c2=O)cn1. The van der Waals surface area contributed by atoms with Gasteiger partial charge in [0.25, 0.3) is 11.1 Å². The number of pyridine rings is 1. The summed E-state index contributed by atoms with van der Waals surface area (Å²) in [5.74, 6) is -1.36. The molecule has 4 rings (SSSR count). The van der Waals surface area contributed by atoms with Crippen molar-refractivity contribution in [1.82, 2.24) is 24.7 Å². The second-order valence-electron chi connectivity index (χ2n) is 7.53. The molecular weight excluding hydrogens is 501 g/mol. The van der Waals surface area contributed by atoms with Gasteiger partial charge < -0.3 is 4.74 Å². The van der Waals surface area contributed by atoms with Gasteiger partial charge in [0.05, 0.1) is 35.8 Å². The van der Waals surface area contributed by atoms with E-state index in [-0.39, 0.29) is 34.1 Å². The molecule has 9 nitrogen and oxygen atoms in total. The van der Waals surface area contributed by atoms with E-state index in [0.717, 1.165) is 22.4 Å². The number of aryl methyl sites for hydroxylation is 1. The number of nitrogens with zero attached hydrogens (tertiary/aromatic N) is 5. The van der Waals surface area contributed by atoms with Gasteiger partial charge >= 0.3 is 6.18 Å². The first-order valence-electron chi connectivity index (χ1n) is 10.1. The number of ether oxygens (including phenoxy) is 1. The molecule has 1 aromatic carbocycles. The molecule has 0 amide bonds. The molecule has 4 aromatic rings.